The fourth-order valence-electron chi connectivity index (χ4n) is 1.18. The molecule has 0 amide bonds. The Bertz CT molecular complexity index is 241. The molecule has 1 aliphatic rings. The van der Waals surface area contributed by atoms with E-state index in [9.17, 15) is 13.2 Å². The van der Waals surface area contributed by atoms with Crippen molar-refractivity contribution in [3.63, 3.8) is 0 Å². The number of hydrogen-bond acceptors (Lipinski definition) is 3. The maximum atomic E-state index is 13.0. The van der Waals surface area contributed by atoms with E-state index in [1.807, 2.05) is 0 Å². The van der Waals surface area contributed by atoms with Gasteiger partial charge in [0.15, 0.2) is 11.7 Å². The van der Waals surface area contributed by atoms with Gasteiger partial charge in [-0.3, -0.25) is 9.47 Å². The molecule has 1 fully saturated rings. The monoisotopic (exact) mass is 288 g/mol. The van der Waals surface area contributed by atoms with E-state index in [4.69, 9.17) is 39.9 Å². The van der Waals surface area contributed by atoms with E-state index in [0.29, 0.717) is 0 Å². The number of alkyl halides is 6. The van der Waals surface area contributed by atoms with Crippen LogP contribution in [0.15, 0.2) is 0 Å². The number of halogens is 6. The summed E-state index contributed by atoms with van der Waals surface area (Å²) in [5.74, 6) is 0. The molecule has 0 radical (unpaired) electrons. The third-order valence-electron chi connectivity index (χ3n) is 1.90. The maximum Gasteiger partial charge on any atom is 0.407 e. The van der Waals surface area contributed by atoms with Gasteiger partial charge in [-0.05, 0) is 11.6 Å². The average molecular weight is 289 g/mol. The minimum absolute atomic E-state index is 1.06. The molecular weight excluding hydrogens is 283 g/mol. The molecule has 1 saturated heterocycles. The van der Waals surface area contributed by atoms with Gasteiger partial charge in [-0.1, -0.05) is 0 Å². The van der Waals surface area contributed by atoms with Crippen LogP contribution >= 0.6 is 34.8 Å². The van der Waals surface area contributed by atoms with Gasteiger partial charge in [0, 0.05) is 0 Å². The second-order valence-corrected chi connectivity index (χ2v) is 4.40. The summed E-state index contributed by atoms with van der Waals surface area (Å²) in [4.78, 5) is -1.63. The summed E-state index contributed by atoms with van der Waals surface area (Å²) in [6.07, 6.45) is -5.31. The molecular formula is C6H6Cl3F3O3. The molecule has 15 heavy (non-hydrogen) atoms. The van der Waals surface area contributed by atoms with Crippen LogP contribution in [0, 0.1) is 0 Å². The van der Waals surface area contributed by atoms with Crippen molar-refractivity contribution in [3.05, 3.63) is 0 Å². The van der Waals surface area contributed by atoms with E-state index < -0.39 is 35.1 Å². The van der Waals surface area contributed by atoms with Gasteiger partial charge < -0.3 is 5.11 Å². The van der Waals surface area contributed by atoms with Crippen LogP contribution in [-0.2, 0) is 9.47 Å². The van der Waals surface area contributed by atoms with Crippen LogP contribution in [0.25, 0.3) is 0 Å². The van der Waals surface area contributed by atoms with Crippen LogP contribution in [-0.4, -0.2) is 40.2 Å². The fraction of sp³-hybridized carbons (Fsp3) is 1.00. The van der Waals surface area contributed by atoms with Crippen molar-refractivity contribution in [2.24, 2.45) is 0 Å². The summed E-state index contributed by atoms with van der Waals surface area (Å²) in [6, 6.07) is 0. The Hall–Kier alpha value is 0.540. The van der Waals surface area contributed by atoms with Gasteiger partial charge in [0.1, 0.15) is 4.84 Å². The number of hydrogen-bond donors (Lipinski definition) is 1. The smallest absolute Gasteiger partial charge is 0.393 e. The molecule has 0 aromatic carbocycles. The molecule has 0 spiro atoms. The standard InChI is InChI=1S/C6H6Cl3F3O3/c7-4(8)5(1-13)2(3(10)11)14-6(9,12)15-5/h2-4,13H,1H2. The van der Waals surface area contributed by atoms with E-state index >= 15 is 0 Å². The quantitative estimate of drug-likeness (QED) is 0.808. The third kappa shape index (κ3) is 2.45. The first kappa shape index (κ1) is 13.6. The molecule has 1 aliphatic heterocycles. The van der Waals surface area contributed by atoms with Crippen molar-refractivity contribution in [3.8, 4) is 0 Å². The zero-order valence-electron chi connectivity index (χ0n) is 6.97. The van der Waals surface area contributed by atoms with Crippen molar-refractivity contribution in [1.29, 1.82) is 0 Å². The van der Waals surface area contributed by atoms with E-state index in [0.717, 1.165) is 0 Å². The highest BCUT2D eigenvalue weighted by Crippen LogP contribution is 2.46. The molecule has 3 atom stereocenters. The SMILES string of the molecule is OCC1(C(Cl)Cl)OC(F)(Cl)OC1C(F)F. The van der Waals surface area contributed by atoms with Gasteiger partial charge in [0.05, 0.1) is 6.61 Å². The Balaban J connectivity index is 3.02. The molecule has 1 heterocycles. The van der Waals surface area contributed by atoms with Gasteiger partial charge in [-0.25, -0.2) is 8.78 Å². The van der Waals surface area contributed by atoms with Crippen molar-refractivity contribution in [2.45, 2.75) is 28.5 Å². The minimum atomic E-state index is -3.27. The minimum Gasteiger partial charge on any atom is -0.393 e. The van der Waals surface area contributed by atoms with Crippen LogP contribution in [0.5, 0.6) is 0 Å². The summed E-state index contributed by atoms with van der Waals surface area (Å²) < 4.78 is 46.3. The Morgan fingerprint density at radius 2 is 1.93 bits per heavy atom. The number of ether oxygens (including phenoxy) is 2. The summed E-state index contributed by atoms with van der Waals surface area (Å²) in [6.45, 7) is -1.06. The lowest BCUT2D eigenvalue weighted by atomic mass is 10.0. The topological polar surface area (TPSA) is 38.7 Å². The molecule has 3 nitrogen and oxygen atoms in total. The van der Waals surface area contributed by atoms with Gasteiger partial charge >= 0.3 is 5.50 Å². The fourth-order valence-corrected chi connectivity index (χ4v) is 1.89. The Labute approximate surface area is 98.0 Å². The molecule has 0 aliphatic carbocycles. The molecule has 9 heteroatoms. The zero-order valence-corrected chi connectivity index (χ0v) is 9.24. The highest BCUT2D eigenvalue weighted by Gasteiger charge is 2.63. The van der Waals surface area contributed by atoms with Gasteiger partial charge in [-0.2, -0.15) is 4.39 Å². The summed E-state index contributed by atoms with van der Waals surface area (Å²) in [5, 5.41) is 8.91. The van der Waals surface area contributed by atoms with Crippen molar-refractivity contribution >= 4 is 34.8 Å². The maximum absolute atomic E-state index is 13.0. The number of aliphatic hydroxyl groups excluding tert-OH is 1. The van der Waals surface area contributed by atoms with Crippen LogP contribution in [0.2, 0.25) is 0 Å². The highest BCUT2D eigenvalue weighted by atomic mass is 35.5. The lowest BCUT2D eigenvalue weighted by Gasteiger charge is -2.30. The van der Waals surface area contributed by atoms with Crippen molar-refractivity contribution < 1.29 is 27.8 Å². The van der Waals surface area contributed by atoms with Crippen molar-refractivity contribution in [2.75, 3.05) is 6.61 Å². The normalized spacial score (nSPS) is 41.8. The zero-order chi connectivity index (χ0) is 11.9. The highest BCUT2D eigenvalue weighted by molar-refractivity contribution is 6.45. The molecule has 1 N–H and O–H groups in total. The van der Waals surface area contributed by atoms with E-state index in [2.05, 4.69) is 9.47 Å². The van der Waals surface area contributed by atoms with Crippen LogP contribution in [0.1, 0.15) is 0 Å². The first-order valence-electron chi connectivity index (χ1n) is 3.68. The Morgan fingerprint density at radius 1 is 1.40 bits per heavy atom. The molecule has 1 rings (SSSR count). The summed E-state index contributed by atoms with van der Waals surface area (Å²) >= 11 is 15.6. The van der Waals surface area contributed by atoms with Gasteiger partial charge in [0.25, 0.3) is 6.43 Å². The van der Waals surface area contributed by atoms with E-state index in [1.54, 1.807) is 0 Å². The molecule has 0 aromatic heterocycles. The lowest BCUT2D eigenvalue weighted by molar-refractivity contribution is -0.217. The summed E-state index contributed by atoms with van der Waals surface area (Å²) in [5.41, 5.74) is -5.56. The average Bonchev–Trinajstić information content (AvgIpc) is 2.38. The van der Waals surface area contributed by atoms with Crippen LogP contribution in [0.3, 0.4) is 0 Å². The van der Waals surface area contributed by atoms with Gasteiger partial charge in [-0.15, -0.1) is 23.2 Å². The Morgan fingerprint density at radius 3 is 2.20 bits per heavy atom. The third-order valence-corrected chi connectivity index (χ3v) is 2.80. The van der Waals surface area contributed by atoms with Gasteiger partial charge in [0.2, 0.25) is 0 Å². The molecule has 0 saturated carbocycles. The van der Waals surface area contributed by atoms with E-state index in [-0.39, 0.29) is 0 Å². The van der Waals surface area contributed by atoms with Crippen LogP contribution in [0.4, 0.5) is 13.2 Å². The second kappa shape index (κ2) is 4.43. The number of rotatable bonds is 3. The largest absolute Gasteiger partial charge is 0.407 e. The molecule has 3 unspecified atom stereocenters. The molecule has 0 aromatic rings. The first-order valence-corrected chi connectivity index (χ1v) is 4.93. The Kier molecular flexibility index (Phi) is 4.01. The van der Waals surface area contributed by atoms with E-state index in [1.165, 1.54) is 0 Å². The predicted octanol–water partition coefficient (Wildman–Crippen LogP) is 2.02. The molecule has 90 valence electrons. The number of aliphatic hydroxyl groups is 1. The predicted molar refractivity (Wildman–Crippen MR) is 47.0 cm³/mol. The first-order chi connectivity index (χ1) is 6.75. The summed E-state index contributed by atoms with van der Waals surface area (Å²) in [7, 11) is 0. The van der Waals surface area contributed by atoms with Crippen molar-refractivity contribution in [1.82, 2.24) is 0 Å². The van der Waals surface area contributed by atoms with Crippen LogP contribution < -0.4 is 0 Å². The molecule has 0 bridgehead atoms. The lowest BCUT2D eigenvalue weighted by Crippen LogP contribution is -2.52. The second-order valence-electron chi connectivity index (χ2n) is 2.85.